The Morgan fingerprint density at radius 2 is 1.85 bits per heavy atom. The Hall–Kier alpha value is -1.35. The first-order chi connectivity index (χ1) is 9.43. The van der Waals surface area contributed by atoms with Gasteiger partial charge in [0.15, 0.2) is 0 Å². The number of hydrogen-bond acceptors (Lipinski definition) is 2. The van der Waals surface area contributed by atoms with Crippen LogP contribution in [0.2, 0.25) is 0 Å². The van der Waals surface area contributed by atoms with Crippen molar-refractivity contribution < 1.29 is 4.79 Å². The zero-order valence-electron chi connectivity index (χ0n) is 13.0. The zero-order chi connectivity index (χ0) is 14.8. The highest BCUT2D eigenvalue weighted by molar-refractivity contribution is 5.84. The molecule has 2 atom stereocenters. The molecule has 0 spiro atoms. The maximum absolute atomic E-state index is 12.6. The van der Waals surface area contributed by atoms with Crippen LogP contribution in [-0.2, 0) is 11.3 Å². The Balaban J connectivity index is 2.20. The van der Waals surface area contributed by atoms with Gasteiger partial charge in [0.1, 0.15) is 0 Å². The molecular formula is C17H26N2O. The molecule has 0 bridgehead atoms. The number of hydrogen-bond donors (Lipinski definition) is 1. The minimum atomic E-state index is -0.0204. The fraction of sp³-hybridized carbons (Fsp3) is 0.588. The van der Waals surface area contributed by atoms with Crippen LogP contribution in [0.15, 0.2) is 30.3 Å². The lowest BCUT2D eigenvalue weighted by Crippen LogP contribution is -2.46. The van der Waals surface area contributed by atoms with Crippen molar-refractivity contribution in [3.05, 3.63) is 35.9 Å². The van der Waals surface area contributed by atoms with Crippen LogP contribution < -0.4 is 5.32 Å². The van der Waals surface area contributed by atoms with Crippen molar-refractivity contribution in [2.24, 2.45) is 5.41 Å². The Labute approximate surface area is 122 Å². The van der Waals surface area contributed by atoms with Crippen LogP contribution in [0, 0.1) is 5.41 Å². The molecule has 1 amide bonds. The molecule has 0 aliphatic carbocycles. The average Bonchev–Trinajstić information content (AvgIpc) is 2.69. The van der Waals surface area contributed by atoms with Crippen molar-refractivity contribution in [1.82, 2.24) is 10.2 Å². The van der Waals surface area contributed by atoms with E-state index in [0.717, 1.165) is 12.8 Å². The number of rotatable bonds is 4. The molecule has 1 N–H and O–H groups in total. The summed E-state index contributed by atoms with van der Waals surface area (Å²) in [5.74, 6) is 0.246. The lowest BCUT2D eigenvalue weighted by Gasteiger charge is -2.34. The van der Waals surface area contributed by atoms with Gasteiger partial charge in [0, 0.05) is 6.54 Å². The fourth-order valence-electron chi connectivity index (χ4n) is 2.84. The van der Waals surface area contributed by atoms with Gasteiger partial charge in [-0.05, 0) is 17.4 Å². The van der Waals surface area contributed by atoms with E-state index in [1.165, 1.54) is 5.56 Å². The van der Waals surface area contributed by atoms with Gasteiger partial charge in [-0.3, -0.25) is 10.1 Å². The third-order valence-corrected chi connectivity index (χ3v) is 3.85. The van der Waals surface area contributed by atoms with E-state index in [9.17, 15) is 4.79 Å². The largest absolute Gasteiger partial charge is 0.321 e. The minimum absolute atomic E-state index is 0.0204. The van der Waals surface area contributed by atoms with E-state index in [0.29, 0.717) is 6.54 Å². The van der Waals surface area contributed by atoms with Gasteiger partial charge in [-0.15, -0.1) is 0 Å². The number of carbonyl (C=O) groups is 1. The van der Waals surface area contributed by atoms with Gasteiger partial charge in [0.05, 0.1) is 12.2 Å². The molecule has 1 heterocycles. The first kappa shape index (κ1) is 15.0. The Morgan fingerprint density at radius 3 is 2.40 bits per heavy atom. The van der Waals surface area contributed by atoms with Crippen molar-refractivity contribution >= 4 is 5.91 Å². The van der Waals surface area contributed by atoms with E-state index in [1.807, 2.05) is 23.1 Å². The molecule has 3 heteroatoms. The Morgan fingerprint density at radius 1 is 1.20 bits per heavy atom. The molecule has 0 saturated carbocycles. The lowest BCUT2D eigenvalue weighted by atomic mass is 9.91. The van der Waals surface area contributed by atoms with E-state index in [2.05, 4.69) is 45.1 Å². The highest BCUT2D eigenvalue weighted by Crippen LogP contribution is 2.30. The number of carbonyl (C=O) groups excluding carboxylic acids is 1. The van der Waals surface area contributed by atoms with Gasteiger partial charge in [-0.1, -0.05) is 64.4 Å². The number of amides is 1. The van der Waals surface area contributed by atoms with Gasteiger partial charge >= 0.3 is 0 Å². The predicted octanol–water partition coefficient (Wildman–Crippen LogP) is 3.16. The van der Waals surface area contributed by atoms with E-state index in [-0.39, 0.29) is 23.5 Å². The standard InChI is InChI=1S/C17H26N2O/c1-5-9-14-15(20)19(16(18-14)17(2,3)4)12-13-10-7-6-8-11-13/h6-8,10-11,14,16,18H,5,9,12H2,1-4H3/t14-,16?/m1/s1. The summed E-state index contributed by atoms with van der Waals surface area (Å²) in [5.41, 5.74) is 1.22. The summed E-state index contributed by atoms with van der Waals surface area (Å²) in [6.45, 7) is 9.37. The number of benzene rings is 1. The van der Waals surface area contributed by atoms with Gasteiger partial charge in [-0.25, -0.2) is 0 Å². The van der Waals surface area contributed by atoms with Crippen molar-refractivity contribution in [3.8, 4) is 0 Å². The molecule has 1 aromatic carbocycles. The van der Waals surface area contributed by atoms with Crippen LogP contribution >= 0.6 is 0 Å². The van der Waals surface area contributed by atoms with Crippen molar-refractivity contribution in [2.75, 3.05) is 0 Å². The second-order valence-electron chi connectivity index (χ2n) is 6.73. The molecule has 0 aromatic heterocycles. The highest BCUT2D eigenvalue weighted by Gasteiger charge is 2.43. The lowest BCUT2D eigenvalue weighted by molar-refractivity contribution is -0.132. The van der Waals surface area contributed by atoms with Gasteiger partial charge in [-0.2, -0.15) is 0 Å². The first-order valence-electron chi connectivity index (χ1n) is 7.54. The predicted molar refractivity (Wildman–Crippen MR) is 82.1 cm³/mol. The van der Waals surface area contributed by atoms with Gasteiger partial charge < -0.3 is 4.90 Å². The summed E-state index contributed by atoms with van der Waals surface area (Å²) < 4.78 is 0. The Kier molecular flexibility index (Phi) is 4.48. The van der Waals surface area contributed by atoms with Crippen LogP contribution in [0.5, 0.6) is 0 Å². The normalized spacial score (nSPS) is 23.4. The first-order valence-corrected chi connectivity index (χ1v) is 7.54. The molecule has 1 aliphatic rings. The molecule has 1 fully saturated rings. The van der Waals surface area contributed by atoms with Crippen molar-refractivity contribution in [2.45, 2.75) is 59.3 Å². The maximum Gasteiger partial charge on any atom is 0.241 e. The number of nitrogens with zero attached hydrogens (tertiary/aromatic N) is 1. The second kappa shape index (κ2) is 5.96. The summed E-state index contributed by atoms with van der Waals surface area (Å²) in [4.78, 5) is 14.6. The van der Waals surface area contributed by atoms with E-state index in [4.69, 9.17) is 0 Å². The second-order valence-corrected chi connectivity index (χ2v) is 6.73. The van der Waals surface area contributed by atoms with Crippen LogP contribution in [0.1, 0.15) is 46.1 Å². The third-order valence-electron chi connectivity index (χ3n) is 3.85. The molecule has 1 saturated heterocycles. The van der Waals surface area contributed by atoms with Crippen LogP contribution in [0.25, 0.3) is 0 Å². The van der Waals surface area contributed by atoms with Crippen molar-refractivity contribution in [3.63, 3.8) is 0 Å². The molecule has 1 aliphatic heterocycles. The molecule has 110 valence electrons. The van der Waals surface area contributed by atoms with E-state index >= 15 is 0 Å². The molecule has 1 aromatic rings. The highest BCUT2D eigenvalue weighted by atomic mass is 16.2. The monoisotopic (exact) mass is 274 g/mol. The summed E-state index contributed by atoms with van der Waals surface area (Å²) in [6, 6.07) is 10.2. The van der Waals surface area contributed by atoms with E-state index in [1.54, 1.807) is 0 Å². The summed E-state index contributed by atoms with van der Waals surface area (Å²) in [7, 11) is 0. The van der Waals surface area contributed by atoms with Crippen molar-refractivity contribution in [1.29, 1.82) is 0 Å². The maximum atomic E-state index is 12.6. The molecule has 3 nitrogen and oxygen atoms in total. The summed E-state index contributed by atoms with van der Waals surface area (Å²) in [5, 5.41) is 3.53. The van der Waals surface area contributed by atoms with Gasteiger partial charge in [0.25, 0.3) is 0 Å². The molecule has 20 heavy (non-hydrogen) atoms. The SMILES string of the molecule is CCC[C@H]1NC(C(C)(C)C)N(Cc2ccccc2)C1=O. The summed E-state index contributed by atoms with van der Waals surface area (Å²) in [6.07, 6.45) is 2.04. The number of nitrogens with one attached hydrogen (secondary N) is 1. The summed E-state index contributed by atoms with van der Waals surface area (Å²) >= 11 is 0. The van der Waals surface area contributed by atoms with Crippen LogP contribution in [0.3, 0.4) is 0 Å². The minimum Gasteiger partial charge on any atom is -0.321 e. The molecule has 0 radical (unpaired) electrons. The van der Waals surface area contributed by atoms with Gasteiger partial charge in [0.2, 0.25) is 5.91 Å². The smallest absolute Gasteiger partial charge is 0.241 e. The fourth-order valence-corrected chi connectivity index (χ4v) is 2.84. The molecule has 1 unspecified atom stereocenters. The average molecular weight is 274 g/mol. The van der Waals surface area contributed by atoms with Crippen LogP contribution in [-0.4, -0.2) is 23.0 Å². The topological polar surface area (TPSA) is 32.3 Å². The van der Waals surface area contributed by atoms with Crippen LogP contribution in [0.4, 0.5) is 0 Å². The quantitative estimate of drug-likeness (QED) is 0.914. The van der Waals surface area contributed by atoms with E-state index < -0.39 is 0 Å². The molecular weight excluding hydrogens is 248 g/mol. The Bertz CT molecular complexity index is 450. The molecule has 2 rings (SSSR count). The third kappa shape index (κ3) is 3.21. The zero-order valence-corrected chi connectivity index (χ0v) is 13.0.